The third-order valence-electron chi connectivity index (χ3n) is 9.10. The first-order valence-electron chi connectivity index (χ1n) is 20.5. The van der Waals surface area contributed by atoms with Crippen LogP contribution in [0.4, 0.5) is 0 Å². The molecule has 0 aromatic heterocycles. The van der Waals surface area contributed by atoms with Crippen LogP contribution >= 0.6 is 0 Å². The van der Waals surface area contributed by atoms with Crippen molar-refractivity contribution < 1.29 is 9.59 Å². The van der Waals surface area contributed by atoms with Gasteiger partial charge in [-0.1, -0.05) is 167 Å². The van der Waals surface area contributed by atoms with E-state index in [0.29, 0.717) is 25.9 Å². The lowest BCUT2D eigenvalue weighted by molar-refractivity contribution is -0.123. The van der Waals surface area contributed by atoms with Gasteiger partial charge in [0.2, 0.25) is 11.8 Å². The van der Waals surface area contributed by atoms with Gasteiger partial charge in [0.1, 0.15) is 0 Å². The van der Waals surface area contributed by atoms with E-state index >= 15 is 0 Å². The zero-order valence-corrected chi connectivity index (χ0v) is 31.2. The van der Waals surface area contributed by atoms with E-state index in [1.807, 2.05) is 0 Å². The van der Waals surface area contributed by atoms with Crippen LogP contribution in [0.2, 0.25) is 0 Å². The second-order valence-electron chi connectivity index (χ2n) is 13.8. The molecule has 0 radical (unpaired) electrons. The Morgan fingerprint density at radius 2 is 0.587 bits per heavy atom. The van der Waals surface area contributed by atoms with Crippen LogP contribution in [-0.2, 0) is 9.59 Å². The van der Waals surface area contributed by atoms with E-state index in [-0.39, 0.29) is 11.8 Å². The van der Waals surface area contributed by atoms with E-state index in [1.54, 1.807) is 0 Å². The summed E-state index contributed by atoms with van der Waals surface area (Å²) in [6.45, 7) is 5.62. The Hall–Kier alpha value is -1.58. The van der Waals surface area contributed by atoms with Gasteiger partial charge in [-0.3, -0.25) is 9.59 Å². The lowest BCUT2D eigenvalue weighted by Crippen LogP contribution is -2.34. The molecular weight excluding hydrogens is 564 g/mol. The van der Waals surface area contributed by atoms with Gasteiger partial charge in [-0.15, -0.1) is 0 Å². The second kappa shape index (κ2) is 39.6. The van der Waals surface area contributed by atoms with Gasteiger partial charge in [0.05, 0.1) is 0 Å². The molecule has 0 spiro atoms. The van der Waals surface area contributed by atoms with Gasteiger partial charge in [0.25, 0.3) is 0 Å². The second-order valence-corrected chi connectivity index (χ2v) is 13.8. The van der Waals surface area contributed by atoms with Crippen molar-refractivity contribution in [1.29, 1.82) is 0 Å². The minimum atomic E-state index is 0.112. The summed E-state index contributed by atoms with van der Waals surface area (Å²) in [5.41, 5.74) is 0. The maximum absolute atomic E-state index is 12.1. The van der Waals surface area contributed by atoms with E-state index in [1.165, 1.54) is 167 Å². The fraction of sp³-hybridized carbons (Fsp3) is 0.857. The van der Waals surface area contributed by atoms with E-state index in [9.17, 15) is 9.59 Å². The number of hydrogen-bond acceptors (Lipinski definition) is 2. The standard InChI is InChI=1S/C42H80N2O2/c1-3-5-7-9-11-13-15-17-19-21-23-25-27-29-31-33-35-37-41(45)43-39-40-44-42(46)38-36-34-32-30-28-26-24-22-20-18-16-14-12-10-8-6-4-2/h21-24H,3-20,25-40H2,1-2H3,(H,43,45)(H,44,46)/b23-21-,24-22-. The van der Waals surface area contributed by atoms with Crippen LogP contribution < -0.4 is 10.6 Å². The molecule has 0 aromatic carbocycles. The quantitative estimate of drug-likeness (QED) is 0.0522. The highest BCUT2D eigenvalue weighted by atomic mass is 16.2. The number of nitrogens with one attached hydrogen (secondary N) is 2. The van der Waals surface area contributed by atoms with Gasteiger partial charge >= 0.3 is 0 Å². The highest BCUT2D eigenvalue weighted by molar-refractivity contribution is 5.77. The summed E-state index contributed by atoms with van der Waals surface area (Å²) < 4.78 is 0. The van der Waals surface area contributed by atoms with E-state index in [4.69, 9.17) is 0 Å². The third-order valence-corrected chi connectivity index (χ3v) is 9.10. The summed E-state index contributed by atoms with van der Waals surface area (Å²) >= 11 is 0. The first-order chi connectivity index (χ1) is 22.7. The van der Waals surface area contributed by atoms with Crippen LogP contribution in [0.15, 0.2) is 24.3 Å². The molecule has 2 N–H and O–H groups in total. The minimum absolute atomic E-state index is 0.112. The fourth-order valence-electron chi connectivity index (χ4n) is 6.00. The molecule has 46 heavy (non-hydrogen) atoms. The zero-order valence-electron chi connectivity index (χ0n) is 31.2. The molecule has 0 heterocycles. The molecule has 0 aromatic rings. The summed E-state index contributed by atoms with van der Waals surface area (Å²) in [6, 6.07) is 0. The number of allylic oxidation sites excluding steroid dienone is 4. The van der Waals surface area contributed by atoms with Crippen LogP contribution in [0, 0.1) is 0 Å². The summed E-state index contributed by atoms with van der Waals surface area (Å²) in [5.74, 6) is 0.224. The number of carbonyl (C=O) groups is 2. The molecule has 2 amide bonds. The topological polar surface area (TPSA) is 58.2 Å². The molecule has 4 nitrogen and oxygen atoms in total. The maximum atomic E-state index is 12.1. The van der Waals surface area contributed by atoms with Crippen LogP contribution in [0.3, 0.4) is 0 Å². The van der Waals surface area contributed by atoms with Gasteiger partial charge in [0.15, 0.2) is 0 Å². The van der Waals surface area contributed by atoms with Gasteiger partial charge in [0, 0.05) is 25.9 Å². The highest BCUT2D eigenvalue weighted by Crippen LogP contribution is 2.13. The summed E-state index contributed by atoms with van der Waals surface area (Å²) in [4.78, 5) is 24.1. The average Bonchev–Trinajstić information content (AvgIpc) is 3.06. The number of rotatable bonds is 37. The average molecular weight is 645 g/mol. The first kappa shape index (κ1) is 44.4. The summed E-state index contributed by atoms with van der Waals surface area (Å²) in [7, 11) is 0. The maximum Gasteiger partial charge on any atom is 0.220 e. The molecule has 270 valence electrons. The van der Waals surface area contributed by atoms with Crippen molar-refractivity contribution in [3.8, 4) is 0 Å². The van der Waals surface area contributed by atoms with E-state index < -0.39 is 0 Å². The largest absolute Gasteiger partial charge is 0.354 e. The molecule has 0 fully saturated rings. The van der Waals surface area contributed by atoms with Gasteiger partial charge in [-0.25, -0.2) is 0 Å². The van der Waals surface area contributed by atoms with Crippen LogP contribution in [0.25, 0.3) is 0 Å². The molecule has 0 aliphatic rings. The number of amides is 2. The Balaban J connectivity index is 3.33. The van der Waals surface area contributed by atoms with Crippen molar-refractivity contribution >= 4 is 11.8 Å². The van der Waals surface area contributed by atoms with Crippen molar-refractivity contribution in [2.45, 2.75) is 219 Å². The SMILES string of the molecule is CCCCCCCCCC/C=C\CCCCCCCC(=O)NCCNC(=O)CCCCCCC/C=C\CCCCCCCCCC. The predicted molar refractivity (Wildman–Crippen MR) is 203 cm³/mol. The molecule has 0 aliphatic heterocycles. The van der Waals surface area contributed by atoms with Crippen molar-refractivity contribution in [3.63, 3.8) is 0 Å². The van der Waals surface area contributed by atoms with E-state index in [0.717, 1.165) is 25.7 Å². The Bertz CT molecular complexity index is 629. The molecule has 4 heteroatoms. The third kappa shape index (κ3) is 38.6. The molecule has 0 atom stereocenters. The number of hydrogen-bond donors (Lipinski definition) is 2. The Morgan fingerprint density at radius 3 is 0.870 bits per heavy atom. The first-order valence-corrected chi connectivity index (χ1v) is 20.5. The lowest BCUT2D eigenvalue weighted by atomic mass is 10.1. The molecule has 0 saturated carbocycles. The Labute approximate surface area is 288 Å². The van der Waals surface area contributed by atoms with Crippen LogP contribution in [0.1, 0.15) is 219 Å². The van der Waals surface area contributed by atoms with Crippen LogP contribution in [0.5, 0.6) is 0 Å². The fourth-order valence-corrected chi connectivity index (χ4v) is 6.00. The van der Waals surface area contributed by atoms with Gasteiger partial charge in [-0.05, 0) is 64.2 Å². The Morgan fingerprint density at radius 1 is 0.348 bits per heavy atom. The van der Waals surface area contributed by atoms with E-state index in [2.05, 4.69) is 48.8 Å². The predicted octanol–water partition coefficient (Wildman–Crippen LogP) is 12.9. The smallest absolute Gasteiger partial charge is 0.220 e. The summed E-state index contributed by atoms with van der Waals surface area (Å²) in [5, 5.41) is 5.90. The molecule has 0 unspecified atom stereocenters. The van der Waals surface area contributed by atoms with Gasteiger partial charge in [-0.2, -0.15) is 0 Å². The minimum Gasteiger partial charge on any atom is -0.354 e. The lowest BCUT2D eigenvalue weighted by Gasteiger charge is -2.07. The van der Waals surface area contributed by atoms with Gasteiger partial charge < -0.3 is 10.6 Å². The number of carbonyl (C=O) groups excluding carboxylic acids is 2. The summed E-state index contributed by atoms with van der Waals surface area (Å²) in [6.07, 6.45) is 49.5. The normalized spacial score (nSPS) is 11.6. The van der Waals surface area contributed by atoms with Crippen molar-refractivity contribution in [1.82, 2.24) is 10.6 Å². The zero-order chi connectivity index (χ0) is 33.4. The van der Waals surface area contributed by atoms with Crippen LogP contribution in [-0.4, -0.2) is 24.9 Å². The van der Waals surface area contributed by atoms with Crippen molar-refractivity contribution in [2.24, 2.45) is 0 Å². The van der Waals surface area contributed by atoms with Crippen molar-refractivity contribution in [2.75, 3.05) is 13.1 Å². The highest BCUT2D eigenvalue weighted by Gasteiger charge is 2.03. The van der Waals surface area contributed by atoms with Crippen molar-refractivity contribution in [3.05, 3.63) is 24.3 Å². The Kier molecular flexibility index (Phi) is 38.2. The monoisotopic (exact) mass is 645 g/mol. The number of unbranched alkanes of at least 4 members (excludes halogenated alkanes) is 26. The molecule has 0 bridgehead atoms. The molecular formula is C42H80N2O2. The molecule has 0 saturated heterocycles. The molecule has 0 rings (SSSR count). The molecule has 0 aliphatic carbocycles.